The molecule has 0 radical (unpaired) electrons. The van der Waals surface area contributed by atoms with Crippen LogP contribution in [0.3, 0.4) is 0 Å². The molecule has 2 N–H and O–H groups in total. The van der Waals surface area contributed by atoms with Crippen molar-refractivity contribution in [2.45, 2.75) is 51.9 Å². The third kappa shape index (κ3) is 5.46. The molecule has 0 unspecified atom stereocenters. The lowest BCUT2D eigenvalue weighted by Crippen LogP contribution is -2.43. The molecule has 0 bridgehead atoms. The number of hydrogen-bond acceptors (Lipinski definition) is 5. The number of aryl methyl sites for hydroxylation is 1. The van der Waals surface area contributed by atoms with Gasteiger partial charge < -0.3 is 4.43 Å². The minimum atomic E-state index is -3.68. The summed E-state index contributed by atoms with van der Waals surface area (Å²) in [5.41, 5.74) is 0.903. The van der Waals surface area contributed by atoms with Crippen molar-refractivity contribution in [1.29, 1.82) is 0 Å². The van der Waals surface area contributed by atoms with Gasteiger partial charge in [-0.05, 0) is 30.6 Å². The molecule has 0 spiro atoms. The lowest BCUT2D eigenvalue weighted by atomic mass is 10.2. The van der Waals surface area contributed by atoms with Gasteiger partial charge in [-0.1, -0.05) is 20.8 Å². The first-order valence-electron chi connectivity index (χ1n) is 6.79. The fourth-order valence-corrected chi connectivity index (χ4v) is 3.49. The monoisotopic (exact) mass is 331 g/mol. The molecule has 120 valence electrons. The molecule has 1 rings (SSSR count). The molecule has 0 amide bonds. The highest BCUT2D eigenvalue weighted by Crippen LogP contribution is 2.39. The molecular weight excluding hydrogens is 306 g/mol. The van der Waals surface area contributed by atoms with Gasteiger partial charge in [0.2, 0.25) is 10.0 Å². The van der Waals surface area contributed by atoms with Crippen LogP contribution in [0.15, 0.2) is 12.4 Å². The fraction of sp³-hybridized carbons (Fsp3) is 0.692. The number of sulfonamides is 1. The minimum Gasteiger partial charge on any atom is -0.406 e. The van der Waals surface area contributed by atoms with Crippen molar-refractivity contribution in [3.8, 4) is 0 Å². The van der Waals surface area contributed by atoms with Crippen LogP contribution in [0, 0.1) is 6.92 Å². The Morgan fingerprint density at radius 1 is 1.29 bits per heavy atom. The van der Waals surface area contributed by atoms with Crippen molar-refractivity contribution >= 4 is 18.3 Å². The second-order valence-electron chi connectivity index (χ2n) is 6.81. The largest absolute Gasteiger partial charge is 0.406 e. The number of hydrogen-bond donors (Lipinski definition) is 1. The van der Waals surface area contributed by atoms with Crippen LogP contribution in [0.2, 0.25) is 18.1 Å². The molecule has 0 aromatic carbocycles. The Labute approximate surface area is 128 Å². The number of nitrogens with zero attached hydrogens (tertiary/aromatic N) is 2. The summed E-state index contributed by atoms with van der Waals surface area (Å²) in [4.78, 5) is 8.39. The van der Waals surface area contributed by atoms with Crippen molar-refractivity contribution < 1.29 is 12.8 Å². The van der Waals surface area contributed by atoms with E-state index in [1.54, 1.807) is 12.4 Å². The topological polar surface area (TPSA) is 95.2 Å². The molecule has 1 atom stereocenters. The van der Waals surface area contributed by atoms with Crippen molar-refractivity contribution in [3.63, 3.8) is 0 Å². The van der Waals surface area contributed by atoms with Crippen LogP contribution < -0.4 is 5.14 Å². The predicted molar refractivity (Wildman–Crippen MR) is 85.8 cm³/mol. The SMILES string of the molecule is Cc1cnc([C@H](CS(N)(=O)=O)O[Si](C)(C)C(C)(C)C)nc1. The molecule has 0 aliphatic heterocycles. The number of rotatable bonds is 5. The summed E-state index contributed by atoms with van der Waals surface area (Å²) < 4.78 is 29.1. The molecule has 1 heterocycles. The fourth-order valence-electron chi connectivity index (χ4n) is 1.47. The van der Waals surface area contributed by atoms with E-state index in [2.05, 4.69) is 43.8 Å². The Hall–Kier alpha value is -0.833. The lowest BCUT2D eigenvalue weighted by molar-refractivity contribution is 0.195. The van der Waals surface area contributed by atoms with Crippen molar-refractivity contribution in [1.82, 2.24) is 9.97 Å². The van der Waals surface area contributed by atoms with Crippen LogP contribution in [-0.2, 0) is 14.4 Å². The van der Waals surface area contributed by atoms with Gasteiger partial charge in [0.05, 0.1) is 5.75 Å². The average Bonchev–Trinajstić information content (AvgIpc) is 2.25. The molecule has 1 aromatic heterocycles. The summed E-state index contributed by atoms with van der Waals surface area (Å²) in [6.07, 6.45) is 2.56. The van der Waals surface area contributed by atoms with E-state index in [-0.39, 0.29) is 10.8 Å². The summed E-state index contributed by atoms with van der Waals surface area (Å²) in [7, 11) is -5.85. The Morgan fingerprint density at radius 3 is 2.14 bits per heavy atom. The van der Waals surface area contributed by atoms with E-state index in [1.807, 2.05) is 6.92 Å². The minimum absolute atomic E-state index is 0.0473. The van der Waals surface area contributed by atoms with Crippen LogP contribution in [0.5, 0.6) is 0 Å². The number of nitrogens with two attached hydrogens (primary N) is 1. The third-order valence-corrected chi connectivity index (χ3v) is 8.97. The quantitative estimate of drug-likeness (QED) is 0.834. The Balaban J connectivity index is 3.12. The standard InChI is InChI=1S/C13H25N3O3SSi/c1-10-7-15-12(16-8-10)11(9-20(14,17)18)19-21(5,6)13(2,3)4/h7-8,11H,9H2,1-6H3,(H2,14,17,18)/t11-/m0/s1. The number of primary sulfonamides is 1. The first-order chi connectivity index (χ1) is 9.32. The van der Waals surface area contributed by atoms with Gasteiger partial charge in [-0.3, -0.25) is 0 Å². The third-order valence-electron chi connectivity index (χ3n) is 3.72. The van der Waals surface area contributed by atoms with Gasteiger partial charge in [0, 0.05) is 12.4 Å². The Bertz CT molecular complexity index is 580. The molecule has 0 saturated heterocycles. The zero-order chi connectivity index (χ0) is 16.5. The van der Waals surface area contributed by atoms with Crippen LogP contribution >= 0.6 is 0 Å². The second-order valence-corrected chi connectivity index (χ2v) is 13.2. The lowest BCUT2D eigenvalue weighted by Gasteiger charge is -2.38. The molecule has 6 nitrogen and oxygen atoms in total. The Morgan fingerprint density at radius 2 is 1.76 bits per heavy atom. The zero-order valence-corrected chi connectivity index (χ0v) is 15.4. The van der Waals surface area contributed by atoms with E-state index in [4.69, 9.17) is 9.56 Å². The van der Waals surface area contributed by atoms with Gasteiger partial charge >= 0.3 is 0 Å². The van der Waals surface area contributed by atoms with E-state index in [1.165, 1.54) is 0 Å². The molecule has 21 heavy (non-hydrogen) atoms. The maximum Gasteiger partial charge on any atom is 0.212 e. The number of aromatic nitrogens is 2. The van der Waals surface area contributed by atoms with Gasteiger partial charge in [0.1, 0.15) is 6.10 Å². The van der Waals surface area contributed by atoms with Crippen molar-refractivity contribution in [2.24, 2.45) is 5.14 Å². The van der Waals surface area contributed by atoms with Gasteiger partial charge in [-0.25, -0.2) is 23.5 Å². The summed E-state index contributed by atoms with van der Waals surface area (Å²) >= 11 is 0. The molecule has 0 fully saturated rings. The van der Waals surface area contributed by atoms with Gasteiger partial charge in [-0.15, -0.1) is 0 Å². The summed E-state index contributed by atoms with van der Waals surface area (Å²) in [6.45, 7) is 12.2. The predicted octanol–water partition coefficient (Wildman–Crippen LogP) is 2.14. The molecule has 1 aromatic rings. The van der Waals surface area contributed by atoms with Gasteiger partial charge in [-0.2, -0.15) is 0 Å². The van der Waals surface area contributed by atoms with E-state index in [9.17, 15) is 8.42 Å². The van der Waals surface area contributed by atoms with Gasteiger partial charge in [0.15, 0.2) is 14.1 Å². The Kier molecular flexibility index (Phi) is 5.30. The summed E-state index contributed by atoms with van der Waals surface area (Å²) in [5, 5.41) is 5.14. The van der Waals surface area contributed by atoms with Crippen LogP contribution in [0.4, 0.5) is 0 Å². The van der Waals surface area contributed by atoms with Gasteiger partial charge in [0.25, 0.3) is 0 Å². The molecule has 0 aliphatic rings. The summed E-state index contributed by atoms with van der Waals surface area (Å²) in [5.74, 6) is 0.0437. The first-order valence-corrected chi connectivity index (χ1v) is 11.4. The van der Waals surface area contributed by atoms with Crippen molar-refractivity contribution in [2.75, 3.05) is 5.75 Å². The van der Waals surface area contributed by atoms with E-state index < -0.39 is 24.4 Å². The van der Waals surface area contributed by atoms with E-state index >= 15 is 0 Å². The second kappa shape index (κ2) is 6.11. The summed E-state index contributed by atoms with van der Waals surface area (Å²) in [6, 6.07) is 0. The maximum atomic E-state index is 11.5. The normalized spacial score (nSPS) is 15.0. The van der Waals surface area contributed by atoms with E-state index in [0.29, 0.717) is 5.82 Å². The average molecular weight is 332 g/mol. The highest BCUT2D eigenvalue weighted by atomic mass is 32.2. The molecule has 0 aliphatic carbocycles. The highest BCUT2D eigenvalue weighted by molar-refractivity contribution is 7.89. The zero-order valence-electron chi connectivity index (χ0n) is 13.5. The van der Waals surface area contributed by atoms with E-state index in [0.717, 1.165) is 5.56 Å². The smallest absolute Gasteiger partial charge is 0.212 e. The maximum absolute atomic E-state index is 11.5. The molecule has 0 saturated carbocycles. The van der Waals surface area contributed by atoms with Crippen LogP contribution in [-0.4, -0.2) is 32.5 Å². The van der Waals surface area contributed by atoms with Crippen LogP contribution in [0.1, 0.15) is 38.3 Å². The highest BCUT2D eigenvalue weighted by Gasteiger charge is 2.40. The molecular formula is C13H25N3O3SSi. The van der Waals surface area contributed by atoms with Crippen LogP contribution in [0.25, 0.3) is 0 Å². The molecule has 8 heteroatoms. The van der Waals surface area contributed by atoms with Crippen molar-refractivity contribution in [3.05, 3.63) is 23.8 Å². The first kappa shape index (κ1) is 18.2.